The summed E-state index contributed by atoms with van der Waals surface area (Å²) in [5.41, 5.74) is -1.54. The molecule has 0 aromatic heterocycles. The molecule has 12 nitrogen and oxygen atoms in total. The Hall–Kier alpha value is -3.21. The monoisotopic (exact) mass is 812 g/mol. The largest absolute Gasteiger partial charge is 0.493 e. The number of carbonyl (C=O) groups excluding carboxylic acids is 2. The highest BCUT2D eigenvalue weighted by atomic mass is 79.9. The number of ether oxygens (including phenoxy) is 2. The van der Waals surface area contributed by atoms with Gasteiger partial charge >= 0.3 is 19.1 Å². The molecule has 4 N–H and O–H groups in total. The lowest BCUT2D eigenvalue weighted by molar-refractivity contribution is -0.143. The second-order valence-corrected chi connectivity index (χ2v) is 16.1. The second kappa shape index (κ2) is 21.8. The molecule has 1 saturated heterocycles. The van der Waals surface area contributed by atoms with E-state index in [1.165, 1.54) is 13.8 Å². The Morgan fingerprint density at radius 2 is 1.02 bits per heavy atom. The second-order valence-electron chi connectivity index (χ2n) is 15.3. The maximum absolute atomic E-state index is 11.0. The molecule has 16 heteroatoms. The third-order valence-corrected chi connectivity index (χ3v) is 9.53. The maximum atomic E-state index is 11.0. The summed E-state index contributed by atoms with van der Waals surface area (Å²) in [5, 5.41) is 36.4. The minimum atomic E-state index is -1.01. The lowest BCUT2D eigenvalue weighted by atomic mass is 9.76. The number of hydrogen-bond donors (Lipinski definition) is 4. The zero-order valence-corrected chi connectivity index (χ0v) is 35.7. The van der Waals surface area contributed by atoms with E-state index in [1.54, 1.807) is 91.8 Å². The molecule has 0 saturated carbocycles. The number of halogens is 1. The summed E-state index contributed by atoms with van der Waals surface area (Å²) in [6, 6.07) is 10.4. The molecule has 1 heterocycles. The van der Waals surface area contributed by atoms with Crippen LogP contribution in [0.15, 0.2) is 40.9 Å². The van der Waals surface area contributed by atoms with Gasteiger partial charge in [-0.2, -0.15) is 0 Å². The zero-order valence-electron chi connectivity index (χ0n) is 34.1. The van der Waals surface area contributed by atoms with Crippen molar-refractivity contribution in [2.75, 3.05) is 0 Å². The van der Waals surface area contributed by atoms with Gasteiger partial charge in [0.15, 0.2) is 11.4 Å². The first kappa shape index (κ1) is 52.9. The van der Waals surface area contributed by atoms with Crippen LogP contribution in [0.2, 0.25) is 0 Å². The predicted molar refractivity (Wildman–Crippen MR) is 216 cm³/mol. The van der Waals surface area contributed by atoms with Crippen molar-refractivity contribution < 1.29 is 48.8 Å². The van der Waals surface area contributed by atoms with E-state index in [1.807, 2.05) is 27.7 Å². The number of aliphatic hydroxyl groups is 4. The lowest BCUT2D eigenvalue weighted by Crippen LogP contribution is -2.44. The molecular formula is C38H56B3BrN2O10. The van der Waals surface area contributed by atoms with Crippen LogP contribution in [0.4, 0.5) is 11.4 Å². The Bertz CT molecular complexity index is 1530. The number of esters is 2. The Morgan fingerprint density at radius 3 is 1.31 bits per heavy atom. The molecule has 1 aliphatic rings. The first-order chi connectivity index (χ1) is 24.3. The van der Waals surface area contributed by atoms with Gasteiger partial charge in [0.05, 0.1) is 46.8 Å². The molecule has 1 fully saturated rings. The maximum Gasteiger partial charge on any atom is 0.493 e. The van der Waals surface area contributed by atoms with Crippen molar-refractivity contribution in [2.45, 2.75) is 144 Å². The SMILES string of the molecule is CC(C)(O)C(C)(C)O.CC(C)(O)C(C)(C)O.[B][B].[C-]#[N+]c1ccc(COC(C)=O)c(B2OC(C)(C)C(C)(C)O2)c1.[C-]#[N+]c1ccc(COC(C)=O)c(Br)c1. The molecular weight excluding hydrogens is 757 g/mol. The van der Waals surface area contributed by atoms with Crippen molar-refractivity contribution in [1.29, 1.82) is 0 Å². The lowest BCUT2D eigenvalue weighted by Gasteiger charge is -2.32. The zero-order chi connectivity index (χ0) is 43.1. The van der Waals surface area contributed by atoms with Crippen LogP contribution in [-0.2, 0) is 41.6 Å². The van der Waals surface area contributed by atoms with Gasteiger partial charge in [-0.25, -0.2) is 9.69 Å². The molecule has 3 rings (SSSR count). The van der Waals surface area contributed by atoms with Gasteiger partial charge in [-0.1, -0.05) is 46.3 Å². The topological polar surface area (TPSA) is 161 Å². The van der Waals surface area contributed by atoms with Gasteiger partial charge in [0.25, 0.3) is 0 Å². The normalized spacial score (nSPS) is 14.4. The quantitative estimate of drug-likeness (QED) is 0.149. The number of carbonyl (C=O) groups is 2. The highest BCUT2D eigenvalue weighted by Gasteiger charge is 2.52. The standard InChI is InChI=1S/C16H20BNO4.C10H8BrNO2.2C6H14O2.B2/c1-11(19)20-10-12-7-8-13(18-6)9-14(12)17-21-15(2,3)16(4,5)22-17;1-7(13)14-6-8-3-4-9(12-2)5-10(8)11;2*1-5(2,7)6(3,4)8;1-2/h7-9H,10H2,1-5H3;3-5H,6H2,1H3;2*7-8H,1-4H3;. The average molecular weight is 813 g/mol. The molecule has 0 bridgehead atoms. The van der Waals surface area contributed by atoms with Gasteiger partial charge in [0.1, 0.15) is 13.2 Å². The highest BCUT2D eigenvalue weighted by molar-refractivity contribution is 9.10. The average Bonchev–Trinajstić information content (AvgIpc) is 3.25. The van der Waals surface area contributed by atoms with Crippen molar-refractivity contribution in [3.63, 3.8) is 0 Å². The molecule has 294 valence electrons. The minimum Gasteiger partial charge on any atom is -0.461 e. The summed E-state index contributed by atoms with van der Waals surface area (Å²) in [6.45, 7) is 37.5. The van der Waals surface area contributed by atoms with Gasteiger partial charge in [-0.15, -0.1) is 0 Å². The van der Waals surface area contributed by atoms with Gasteiger partial charge in [0, 0.05) is 39.4 Å². The van der Waals surface area contributed by atoms with Crippen molar-refractivity contribution in [3.8, 4) is 0 Å². The number of rotatable bonds is 7. The van der Waals surface area contributed by atoms with E-state index >= 15 is 0 Å². The third-order valence-electron chi connectivity index (χ3n) is 8.79. The number of hydrogen-bond acceptors (Lipinski definition) is 10. The first-order valence-electron chi connectivity index (χ1n) is 16.8. The Labute approximate surface area is 333 Å². The van der Waals surface area contributed by atoms with E-state index in [0.29, 0.717) is 11.4 Å². The molecule has 0 aliphatic carbocycles. The molecule has 0 unspecified atom stereocenters. The van der Waals surface area contributed by atoms with Crippen LogP contribution in [0.3, 0.4) is 0 Å². The fraction of sp³-hybridized carbons (Fsp3) is 0.579. The van der Waals surface area contributed by atoms with E-state index in [0.717, 1.165) is 21.1 Å². The van der Waals surface area contributed by atoms with Crippen LogP contribution < -0.4 is 5.46 Å². The van der Waals surface area contributed by atoms with E-state index < -0.39 is 40.7 Å². The minimum absolute atomic E-state index is 0.132. The van der Waals surface area contributed by atoms with Crippen LogP contribution in [0.25, 0.3) is 9.69 Å². The summed E-state index contributed by atoms with van der Waals surface area (Å²) in [5.74, 6) is -0.666. The third kappa shape index (κ3) is 18.4. The summed E-state index contributed by atoms with van der Waals surface area (Å²) >= 11 is 3.30. The Morgan fingerprint density at radius 1 is 0.704 bits per heavy atom. The molecule has 0 amide bonds. The van der Waals surface area contributed by atoms with E-state index in [2.05, 4.69) is 41.1 Å². The van der Waals surface area contributed by atoms with E-state index in [-0.39, 0.29) is 25.2 Å². The van der Waals surface area contributed by atoms with Crippen LogP contribution in [-0.4, -0.2) is 88.6 Å². The van der Waals surface area contributed by atoms with Crippen LogP contribution in [0, 0.1) is 13.1 Å². The fourth-order valence-corrected chi connectivity index (χ4v) is 3.54. The molecule has 4 radical (unpaired) electrons. The van der Waals surface area contributed by atoms with E-state index in [4.69, 9.17) is 52.4 Å². The highest BCUT2D eigenvalue weighted by Crippen LogP contribution is 2.37. The summed E-state index contributed by atoms with van der Waals surface area (Å²) in [4.78, 5) is 28.3. The van der Waals surface area contributed by atoms with Crippen molar-refractivity contribution in [3.05, 3.63) is 74.8 Å². The van der Waals surface area contributed by atoms with Crippen LogP contribution in [0.1, 0.15) is 108 Å². The van der Waals surface area contributed by atoms with Crippen molar-refractivity contribution in [2.24, 2.45) is 0 Å². The Kier molecular flexibility index (Phi) is 21.3. The fourth-order valence-electron chi connectivity index (χ4n) is 3.05. The van der Waals surface area contributed by atoms with Crippen LogP contribution >= 0.6 is 15.9 Å². The smallest absolute Gasteiger partial charge is 0.461 e. The van der Waals surface area contributed by atoms with Crippen molar-refractivity contribution >= 4 is 67.3 Å². The predicted octanol–water partition coefficient (Wildman–Crippen LogP) is 5.96. The molecule has 1 aliphatic heterocycles. The van der Waals surface area contributed by atoms with Gasteiger partial charge in [-0.3, -0.25) is 9.59 Å². The summed E-state index contributed by atoms with van der Waals surface area (Å²) in [6.07, 6.45) is 0. The summed E-state index contributed by atoms with van der Waals surface area (Å²) in [7, 11) is 7.41. The molecule has 2 aromatic rings. The molecule has 0 spiro atoms. The molecule has 2 aromatic carbocycles. The Balaban J connectivity index is 0. The first-order valence-corrected chi connectivity index (χ1v) is 17.6. The van der Waals surface area contributed by atoms with Crippen molar-refractivity contribution in [1.82, 2.24) is 0 Å². The van der Waals surface area contributed by atoms with Gasteiger partial charge < -0.3 is 39.2 Å². The molecule has 0 atom stereocenters. The molecule has 54 heavy (non-hydrogen) atoms. The summed E-state index contributed by atoms with van der Waals surface area (Å²) < 4.78 is 22.8. The van der Waals surface area contributed by atoms with Gasteiger partial charge in [0.2, 0.25) is 0 Å². The van der Waals surface area contributed by atoms with Gasteiger partial charge in [-0.05, 0) is 100 Å². The number of benzene rings is 2. The van der Waals surface area contributed by atoms with Crippen LogP contribution in [0.5, 0.6) is 0 Å². The van der Waals surface area contributed by atoms with E-state index in [9.17, 15) is 9.59 Å². The number of nitrogens with zero attached hydrogens (tertiary/aromatic N) is 2.